The van der Waals surface area contributed by atoms with Gasteiger partial charge in [-0.15, -0.1) is 6.42 Å². The number of nitrogens with zero attached hydrogens (tertiary/aromatic N) is 2. The van der Waals surface area contributed by atoms with Gasteiger partial charge in [0.15, 0.2) is 0 Å². The Balaban J connectivity index is 1.23. The third kappa shape index (κ3) is 4.48. The first-order valence-corrected chi connectivity index (χ1v) is 17.6. The highest BCUT2D eigenvalue weighted by atomic mass is 16.3. The average molecular weight is 665 g/mol. The molecule has 0 amide bonds. The fraction of sp³-hybridized carbons (Fsp3) is 0.0204. The molecule has 0 saturated heterocycles. The Bertz CT molecular complexity index is 3140. The highest BCUT2D eigenvalue weighted by molar-refractivity contribution is 6.15. The third-order valence-corrected chi connectivity index (χ3v) is 10.3. The van der Waals surface area contributed by atoms with Gasteiger partial charge in [-0.2, -0.15) is 0 Å². The van der Waals surface area contributed by atoms with E-state index in [9.17, 15) is 0 Å². The number of para-hydroxylation sites is 4. The SMILES string of the molecule is C#C/C=C(\C=C/C)n1c2ccccc2c2cc(-c3cc(-c4ccc5c(c4)c4ccccc4n5-c4ccccc4)c4oc5ccccc5c4c3)ccc21. The maximum atomic E-state index is 6.67. The molecule has 0 aliphatic heterocycles. The summed E-state index contributed by atoms with van der Waals surface area (Å²) in [6.45, 7) is 2.02. The lowest BCUT2D eigenvalue weighted by molar-refractivity contribution is 0.670. The van der Waals surface area contributed by atoms with Crippen LogP contribution in [0.1, 0.15) is 6.92 Å². The van der Waals surface area contributed by atoms with Gasteiger partial charge >= 0.3 is 0 Å². The zero-order chi connectivity index (χ0) is 34.8. The molecule has 0 aliphatic rings. The van der Waals surface area contributed by atoms with Crippen molar-refractivity contribution in [3.05, 3.63) is 170 Å². The number of aromatic nitrogens is 2. The molecule has 0 N–H and O–H groups in total. The van der Waals surface area contributed by atoms with E-state index in [1.165, 1.54) is 32.6 Å². The zero-order valence-electron chi connectivity index (χ0n) is 28.5. The number of furan rings is 1. The van der Waals surface area contributed by atoms with Gasteiger partial charge in [-0.1, -0.05) is 96.9 Å². The normalized spacial score (nSPS) is 12.3. The van der Waals surface area contributed by atoms with Gasteiger partial charge in [-0.3, -0.25) is 0 Å². The van der Waals surface area contributed by atoms with Gasteiger partial charge in [0.1, 0.15) is 11.2 Å². The van der Waals surface area contributed by atoms with E-state index in [1.54, 1.807) is 0 Å². The van der Waals surface area contributed by atoms with Crippen LogP contribution in [0.15, 0.2) is 174 Å². The second kappa shape index (κ2) is 11.8. The lowest BCUT2D eigenvalue weighted by Crippen LogP contribution is -1.94. The standard InChI is InChI=1S/C49H32N2O/c1-3-14-35(15-4-2)50-44-21-11-8-18-37(44)41-28-32(24-26-46(41)50)34-30-40(49-43(31-34)39-20-10-13-23-48(39)52-49)33-25-27-47-42(29-33)38-19-9-12-22-45(38)51(47)36-16-6-5-7-17-36/h1,4-31H,2H3/b15-4-,35-14+. The molecule has 10 aromatic rings. The van der Waals surface area contributed by atoms with Crippen LogP contribution in [-0.4, -0.2) is 9.13 Å². The van der Waals surface area contributed by atoms with Crippen LogP contribution >= 0.6 is 0 Å². The maximum absolute atomic E-state index is 6.67. The number of benzene rings is 7. The average Bonchev–Trinajstić information content (AvgIpc) is 3.85. The summed E-state index contributed by atoms with van der Waals surface area (Å²) in [6.07, 6.45) is 11.7. The van der Waals surface area contributed by atoms with Gasteiger partial charge in [0, 0.05) is 49.6 Å². The molecule has 244 valence electrons. The van der Waals surface area contributed by atoms with Crippen LogP contribution in [0.3, 0.4) is 0 Å². The Morgan fingerprint density at radius 3 is 1.96 bits per heavy atom. The Morgan fingerprint density at radius 1 is 0.558 bits per heavy atom. The fourth-order valence-corrected chi connectivity index (χ4v) is 8.08. The second-order valence-electron chi connectivity index (χ2n) is 13.2. The molecule has 10 rings (SSSR count). The number of terminal acetylenes is 1. The van der Waals surface area contributed by atoms with Gasteiger partial charge in [0.2, 0.25) is 0 Å². The van der Waals surface area contributed by atoms with E-state index in [0.717, 1.165) is 66.6 Å². The van der Waals surface area contributed by atoms with Crippen molar-refractivity contribution in [1.29, 1.82) is 0 Å². The van der Waals surface area contributed by atoms with E-state index in [0.29, 0.717) is 0 Å². The summed E-state index contributed by atoms with van der Waals surface area (Å²) < 4.78 is 11.3. The Labute approximate surface area is 300 Å². The minimum atomic E-state index is 0.882. The lowest BCUT2D eigenvalue weighted by Gasteiger charge is -2.11. The second-order valence-corrected chi connectivity index (χ2v) is 13.2. The number of hydrogen-bond donors (Lipinski definition) is 0. The zero-order valence-corrected chi connectivity index (χ0v) is 28.5. The first kappa shape index (κ1) is 29.9. The Hall–Kier alpha value is -7.02. The largest absolute Gasteiger partial charge is 0.455 e. The predicted octanol–water partition coefficient (Wildman–Crippen LogP) is 13.2. The number of rotatable bonds is 5. The molecule has 3 heteroatoms. The summed E-state index contributed by atoms with van der Waals surface area (Å²) >= 11 is 0. The van der Waals surface area contributed by atoms with E-state index in [1.807, 2.05) is 25.1 Å². The van der Waals surface area contributed by atoms with Crippen molar-refractivity contribution in [2.24, 2.45) is 0 Å². The number of hydrogen-bond acceptors (Lipinski definition) is 1. The van der Waals surface area contributed by atoms with Crippen molar-refractivity contribution in [2.75, 3.05) is 0 Å². The van der Waals surface area contributed by atoms with Crippen LogP contribution in [-0.2, 0) is 0 Å². The quantitative estimate of drug-likeness (QED) is 0.133. The molecule has 3 heterocycles. The summed E-state index contributed by atoms with van der Waals surface area (Å²) in [4.78, 5) is 0. The molecule has 0 fully saturated rings. The van der Waals surface area contributed by atoms with Crippen LogP contribution in [0.5, 0.6) is 0 Å². The van der Waals surface area contributed by atoms with Crippen molar-refractivity contribution in [3.63, 3.8) is 0 Å². The lowest BCUT2D eigenvalue weighted by atomic mass is 9.94. The van der Waals surface area contributed by atoms with Gasteiger partial charge in [0.25, 0.3) is 0 Å². The van der Waals surface area contributed by atoms with E-state index < -0.39 is 0 Å². The minimum Gasteiger partial charge on any atom is -0.455 e. The molecule has 3 nitrogen and oxygen atoms in total. The molecule has 0 radical (unpaired) electrons. The van der Waals surface area contributed by atoms with Crippen LogP contribution in [0, 0.1) is 12.3 Å². The van der Waals surface area contributed by atoms with Crippen molar-refractivity contribution in [3.8, 4) is 40.3 Å². The molecule has 7 aromatic carbocycles. The van der Waals surface area contributed by atoms with Gasteiger partial charge in [-0.25, -0.2) is 0 Å². The summed E-state index contributed by atoms with van der Waals surface area (Å²) in [6, 6.07) is 54.3. The van der Waals surface area contributed by atoms with E-state index in [2.05, 4.69) is 167 Å². The van der Waals surface area contributed by atoms with Crippen LogP contribution in [0.4, 0.5) is 0 Å². The molecule has 0 bridgehead atoms. The number of fused-ring (bicyclic) bond motifs is 9. The predicted molar refractivity (Wildman–Crippen MR) is 220 cm³/mol. The smallest absolute Gasteiger partial charge is 0.143 e. The molecule has 0 unspecified atom stereocenters. The van der Waals surface area contributed by atoms with E-state index in [-0.39, 0.29) is 0 Å². The van der Waals surface area contributed by atoms with Crippen LogP contribution in [0.2, 0.25) is 0 Å². The van der Waals surface area contributed by atoms with E-state index >= 15 is 0 Å². The maximum Gasteiger partial charge on any atom is 0.143 e. The number of allylic oxidation sites excluding steroid dienone is 4. The molecule has 0 atom stereocenters. The third-order valence-electron chi connectivity index (χ3n) is 10.3. The van der Waals surface area contributed by atoms with Gasteiger partial charge in [0.05, 0.1) is 27.8 Å². The van der Waals surface area contributed by atoms with Gasteiger partial charge < -0.3 is 13.6 Å². The monoisotopic (exact) mass is 664 g/mol. The van der Waals surface area contributed by atoms with Crippen molar-refractivity contribution in [1.82, 2.24) is 9.13 Å². The molecule has 0 aliphatic carbocycles. The highest BCUT2D eigenvalue weighted by Gasteiger charge is 2.19. The van der Waals surface area contributed by atoms with Crippen molar-refractivity contribution in [2.45, 2.75) is 6.92 Å². The summed E-state index contributed by atoms with van der Waals surface area (Å²) in [5.74, 6) is 2.74. The molecular formula is C49H32N2O. The molecule has 0 saturated carbocycles. The highest BCUT2D eigenvalue weighted by Crippen LogP contribution is 2.43. The van der Waals surface area contributed by atoms with Crippen LogP contribution in [0.25, 0.3) is 99.2 Å². The van der Waals surface area contributed by atoms with Crippen molar-refractivity contribution < 1.29 is 4.42 Å². The minimum absolute atomic E-state index is 0.882. The van der Waals surface area contributed by atoms with Crippen molar-refractivity contribution >= 4 is 71.2 Å². The molecule has 52 heavy (non-hydrogen) atoms. The van der Waals surface area contributed by atoms with Crippen LogP contribution < -0.4 is 0 Å². The Morgan fingerprint density at radius 2 is 1.15 bits per heavy atom. The first-order chi connectivity index (χ1) is 25.7. The summed E-state index contributed by atoms with van der Waals surface area (Å²) in [5, 5.41) is 6.99. The topological polar surface area (TPSA) is 23.0 Å². The van der Waals surface area contributed by atoms with Gasteiger partial charge in [-0.05, 0) is 96.4 Å². The van der Waals surface area contributed by atoms with E-state index in [4.69, 9.17) is 10.8 Å². The molecule has 0 spiro atoms. The summed E-state index contributed by atoms with van der Waals surface area (Å²) in [5.41, 5.74) is 12.9. The Kier molecular flexibility index (Phi) is 6.77. The molecular weight excluding hydrogens is 633 g/mol. The summed E-state index contributed by atoms with van der Waals surface area (Å²) in [7, 11) is 0. The first-order valence-electron chi connectivity index (χ1n) is 17.6. The molecule has 3 aromatic heterocycles. The fourth-order valence-electron chi connectivity index (χ4n) is 8.08.